The van der Waals surface area contributed by atoms with Gasteiger partial charge in [-0.15, -0.1) is 0 Å². The fourth-order valence-electron chi connectivity index (χ4n) is 3.20. The number of hydrogen-bond acceptors (Lipinski definition) is 4. The van der Waals surface area contributed by atoms with E-state index in [9.17, 15) is 14.4 Å². The average molecular weight is 309 g/mol. The van der Waals surface area contributed by atoms with E-state index in [0.717, 1.165) is 32.1 Å². The van der Waals surface area contributed by atoms with Crippen LogP contribution in [0.4, 0.5) is 0 Å². The van der Waals surface area contributed by atoms with Crippen LogP contribution in [-0.2, 0) is 19.1 Å². The summed E-state index contributed by atoms with van der Waals surface area (Å²) in [4.78, 5) is 37.5. The number of nitrogens with zero attached hydrogens (tertiary/aromatic N) is 1. The Bertz CT molecular complexity index is 428. The highest BCUT2D eigenvalue weighted by atomic mass is 16.5. The largest absolute Gasteiger partial charge is 0.466 e. The summed E-state index contributed by atoms with van der Waals surface area (Å²) >= 11 is 0. The second-order valence-corrected chi connectivity index (χ2v) is 7.61. The van der Waals surface area contributed by atoms with E-state index in [1.54, 1.807) is 0 Å². The number of esters is 1. The molecular weight excluding hydrogens is 282 g/mol. The maximum atomic E-state index is 12.3. The molecule has 1 aliphatic heterocycles. The fraction of sp³-hybridized carbons (Fsp3) is 0.824. The summed E-state index contributed by atoms with van der Waals surface area (Å²) in [5.41, 5.74) is 0.122. The molecule has 2 fully saturated rings. The van der Waals surface area contributed by atoms with Gasteiger partial charge in [-0.2, -0.15) is 0 Å². The summed E-state index contributed by atoms with van der Waals surface area (Å²) in [6, 6.07) is 0. The molecule has 1 aliphatic carbocycles. The van der Waals surface area contributed by atoms with Gasteiger partial charge in [0.15, 0.2) is 0 Å². The van der Waals surface area contributed by atoms with Crippen LogP contribution in [0.3, 0.4) is 0 Å². The van der Waals surface area contributed by atoms with Crippen LogP contribution in [0, 0.1) is 17.3 Å². The first-order chi connectivity index (χ1) is 10.3. The summed E-state index contributed by atoms with van der Waals surface area (Å²) in [6.07, 6.45) is 4.54. The van der Waals surface area contributed by atoms with Crippen molar-refractivity contribution in [3.63, 3.8) is 0 Å². The highest BCUT2D eigenvalue weighted by Crippen LogP contribution is 2.37. The molecule has 2 atom stereocenters. The van der Waals surface area contributed by atoms with Crippen molar-refractivity contribution in [2.45, 2.75) is 59.3 Å². The number of likely N-dealkylation sites (tertiary alicyclic amines) is 1. The summed E-state index contributed by atoms with van der Waals surface area (Å²) in [6.45, 7) is 6.81. The predicted octanol–water partition coefficient (Wildman–Crippen LogP) is 2.53. The van der Waals surface area contributed by atoms with Crippen LogP contribution < -0.4 is 0 Å². The lowest BCUT2D eigenvalue weighted by molar-refractivity contribution is -0.146. The van der Waals surface area contributed by atoms with Gasteiger partial charge in [0.2, 0.25) is 11.8 Å². The van der Waals surface area contributed by atoms with Crippen LogP contribution in [0.25, 0.3) is 0 Å². The van der Waals surface area contributed by atoms with Crippen molar-refractivity contribution in [3.8, 4) is 0 Å². The van der Waals surface area contributed by atoms with Crippen molar-refractivity contribution >= 4 is 17.8 Å². The van der Waals surface area contributed by atoms with E-state index in [4.69, 9.17) is 4.74 Å². The van der Waals surface area contributed by atoms with Gasteiger partial charge >= 0.3 is 5.97 Å². The summed E-state index contributed by atoms with van der Waals surface area (Å²) in [5, 5.41) is 0. The van der Waals surface area contributed by atoms with Gasteiger partial charge in [-0.3, -0.25) is 19.3 Å². The molecule has 5 heteroatoms. The molecule has 0 radical (unpaired) electrons. The molecule has 1 saturated heterocycles. The van der Waals surface area contributed by atoms with Gasteiger partial charge in [0.1, 0.15) is 0 Å². The molecule has 2 aliphatic rings. The van der Waals surface area contributed by atoms with Crippen molar-refractivity contribution < 1.29 is 19.1 Å². The molecule has 2 unspecified atom stereocenters. The number of amides is 2. The van der Waals surface area contributed by atoms with Gasteiger partial charge < -0.3 is 4.74 Å². The maximum absolute atomic E-state index is 12.3. The molecule has 0 aromatic carbocycles. The van der Waals surface area contributed by atoms with E-state index in [1.807, 2.05) is 0 Å². The Kier molecular flexibility index (Phi) is 5.24. The van der Waals surface area contributed by atoms with E-state index in [-0.39, 0.29) is 48.0 Å². The Balaban J connectivity index is 1.78. The molecule has 124 valence electrons. The van der Waals surface area contributed by atoms with Crippen LogP contribution in [0.5, 0.6) is 0 Å². The zero-order valence-corrected chi connectivity index (χ0v) is 13.9. The normalized spacial score (nSPS) is 25.3. The summed E-state index contributed by atoms with van der Waals surface area (Å²) in [7, 11) is 0. The van der Waals surface area contributed by atoms with Gasteiger partial charge in [0.25, 0.3) is 0 Å². The van der Waals surface area contributed by atoms with E-state index < -0.39 is 0 Å². The lowest BCUT2D eigenvalue weighted by atomic mass is 9.81. The fourth-order valence-corrected chi connectivity index (χ4v) is 3.20. The molecule has 1 saturated carbocycles. The second kappa shape index (κ2) is 6.80. The molecule has 0 N–H and O–H groups in total. The third-order valence-electron chi connectivity index (χ3n) is 4.59. The van der Waals surface area contributed by atoms with Gasteiger partial charge in [-0.25, -0.2) is 0 Å². The van der Waals surface area contributed by atoms with E-state index in [1.165, 1.54) is 4.90 Å². The quantitative estimate of drug-likeness (QED) is 0.578. The number of rotatable bonds is 5. The first kappa shape index (κ1) is 17.0. The molecule has 0 aromatic heterocycles. The number of ether oxygens (including phenoxy) is 1. The first-order valence-electron chi connectivity index (χ1n) is 8.30. The van der Waals surface area contributed by atoms with Gasteiger partial charge in [-0.1, -0.05) is 33.6 Å². The molecular formula is C17H27NO4. The standard InChI is InChI=1S/C17H27NO4/c1-17(2,3)9-11-22-14(19)8-10-18-15(20)12-6-4-5-7-13(12)16(18)21/h12-13H,4-11H2,1-3H3. The van der Waals surface area contributed by atoms with Crippen molar-refractivity contribution in [2.75, 3.05) is 13.2 Å². The van der Waals surface area contributed by atoms with Crippen LogP contribution in [0.15, 0.2) is 0 Å². The maximum Gasteiger partial charge on any atom is 0.307 e. The SMILES string of the molecule is CC(C)(C)CCOC(=O)CCN1C(=O)C2CCCCC2C1=O. The van der Waals surface area contributed by atoms with Crippen molar-refractivity contribution in [2.24, 2.45) is 17.3 Å². The Morgan fingerprint density at radius 1 is 1.14 bits per heavy atom. The van der Waals surface area contributed by atoms with Crippen LogP contribution in [0.1, 0.15) is 59.3 Å². The van der Waals surface area contributed by atoms with Crippen LogP contribution in [-0.4, -0.2) is 35.8 Å². The van der Waals surface area contributed by atoms with Gasteiger partial charge in [-0.05, 0) is 24.7 Å². The Hall–Kier alpha value is -1.39. The molecule has 0 aromatic rings. The van der Waals surface area contributed by atoms with Gasteiger partial charge in [0.05, 0.1) is 24.9 Å². The zero-order chi connectivity index (χ0) is 16.3. The number of hydrogen-bond donors (Lipinski definition) is 0. The molecule has 22 heavy (non-hydrogen) atoms. The Morgan fingerprint density at radius 3 is 2.18 bits per heavy atom. The van der Waals surface area contributed by atoms with Crippen molar-refractivity contribution in [3.05, 3.63) is 0 Å². The third kappa shape index (κ3) is 4.08. The second-order valence-electron chi connectivity index (χ2n) is 7.61. The molecule has 5 nitrogen and oxygen atoms in total. The third-order valence-corrected chi connectivity index (χ3v) is 4.59. The minimum atomic E-state index is -0.334. The van der Waals surface area contributed by atoms with Gasteiger partial charge in [0, 0.05) is 6.54 Å². The summed E-state index contributed by atoms with van der Waals surface area (Å²) in [5.74, 6) is -0.787. The smallest absolute Gasteiger partial charge is 0.307 e. The number of carbonyl (C=O) groups is 3. The number of carbonyl (C=O) groups excluding carboxylic acids is 3. The molecule has 2 rings (SSSR count). The van der Waals surface area contributed by atoms with Crippen molar-refractivity contribution in [1.29, 1.82) is 0 Å². The average Bonchev–Trinajstić information content (AvgIpc) is 2.68. The minimum absolute atomic E-state index is 0.0859. The lowest BCUT2D eigenvalue weighted by Crippen LogP contribution is -2.33. The van der Waals surface area contributed by atoms with Crippen LogP contribution >= 0.6 is 0 Å². The lowest BCUT2D eigenvalue weighted by Gasteiger charge is -2.19. The highest BCUT2D eigenvalue weighted by Gasteiger charge is 2.47. The molecule has 0 spiro atoms. The molecule has 2 amide bonds. The number of fused-ring (bicyclic) bond motifs is 1. The summed E-state index contributed by atoms with van der Waals surface area (Å²) < 4.78 is 5.18. The first-order valence-corrected chi connectivity index (χ1v) is 8.30. The Morgan fingerprint density at radius 2 is 1.68 bits per heavy atom. The van der Waals surface area contributed by atoms with E-state index in [2.05, 4.69) is 20.8 Å². The zero-order valence-electron chi connectivity index (χ0n) is 13.9. The minimum Gasteiger partial charge on any atom is -0.466 e. The predicted molar refractivity (Wildman–Crippen MR) is 81.8 cm³/mol. The monoisotopic (exact) mass is 309 g/mol. The van der Waals surface area contributed by atoms with E-state index >= 15 is 0 Å². The highest BCUT2D eigenvalue weighted by molar-refractivity contribution is 6.05. The Labute approximate surface area is 132 Å². The molecule has 0 bridgehead atoms. The van der Waals surface area contributed by atoms with Crippen molar-refractivity contribution in [1.82, 2.24) is 4.90 Å². The van der Waals surface area contributed by atoms with Crippen LogP contribution in [0.2, 0.25) is 0 Å². The van der Waals surface area contributed by atoms with E-state index in [0.29, 0.717) is 6.61 Å². The molecule has 1 heterocycles. The topological polar surface area (TPSA) is 63.7 Å². The number of imide groups is 1.